The first-order valence-corrected chi connectivity index (χ1v) is 6.65. The molecule has 0 saturated heterocycles. The van der Waals surface area contributed by atoms with E-state index in [0.717, 1.165) is 10.9 Å². The molecule has 6 heteroatoms. The van der Waals surface area contributed by atoms with Crippen molar-refractivity contribution in [2.45, 2.75) is 9.72 Å². The summed E-state index contributed by atoms with van der Waals surface area (Å²) in [5.41, 5.74) is 1.06. The maximum atomic E-state index is 10.5. The van der Waals surface area contributed by atoms with Crippen LogP contribution in [-0.2, 0) is 11.1 Å². The number of hydrogen-bond donors (Lipinski definition) is 0. The molecule has 0 amide bonds. The van der Waals surface area contributed by atoms with Gasteiger partial charge in [-0.3, -0.25) is 4.21 Å². The van der Waals surface area contributed by atoms with E-state index < -0.39 is 11.1 Å². The average Bonchev–Trinajstić information content (AvgIpc) is 2.17. The van der Waals surface area contributed by atoms with Crippen molar-refractivity contribution in [3.8, 4) is 0 Å². The summed E-state index contributed by atoms with van der Waals surface area (Å²) in [5.74, 6) is 0. The third-order valence-corrected chi connectivity index (χ3v) is 4.60. The van der Waals surface area contributed by atoms with E-state index in [1.807, 2.05) is 0 Å². The molecule has 0 saturated carbocycles. The molecule has 0 fully saturated rings. The number of halogens is 2. The van der Waals surface area contributed by atoms with Crippen LogP contribution in [0, 0.1) is 0 Å². The molecule has 0 aliphatic carbocycles. The Morgan fingerprint density at radius 2 is 1.86 bits per heavy atom. The molecule has 0 heterocycles. The summed E-state index contributed by atoms with van der Waals surface area (Å²) >= 11 is 4.65. The average molecular weight is 350 g/mol. The Morgan fingerprint density at radius 1 is 1.36 bits per heavy atom. The first kappa shape index (κ1) is 15.3. The van der Waals surface area contributed by atoms with Gasteiger partial charge in [0.15, 0.2) is 0 Å². The van der Waals surface area contributed by atoms with Crippen LogP contribution in [0.5, 0.6) is 0 Å². The fourth-order valence-corrected chi connectivity index (χ4v) is 1.91. The normalized spacial score (nSPS) is 14.2. The van der Waals surface area contributed by atoms with Gasteiger partial charge in [0, 0.05) is 15.1 Å². The smallest absolute Gasteiger partial charge is 0.768 e. The molecule has 0 N–H and O–H groups in total. The topological polar surface area (TPSA) is 40.1 Å². The van der Waals surface area contributed by atoms with Crippen molar-refractivity contribution in [2.75, 3.05) is 5.33 Å². The fraction of sp³-hybridized carbons (Fsp3) is 0.250. The molecule has 0 spiro atoms. The Balaban J connectivity index is 0.00000169. The van der Waals surface area contributed by atoms with Crippen LogP contribution < -0.4 is 29.6 Å². The summed E-state index contributed by atoms with van der Waals surface area (Å²) in [4.78, 5) is 0.541. The molecule has 1 aromatic rings. The van der Waals surface area contributed by atoms with Crippen molar-refractivity contribution in [1.82, 2.24) is 0 Å². The van der Waals surface area contributed by atoms with Gasteiger partial charge in [0.2, 0.25) is 0 Å². The molecule has 0 bridgehead atoms. The van der Waals surface area contributed by atoms with E-state index in [-0.39, 0.29) is 34.4 Å². The van der Waals surface area contributed by atoms with Gasteiger partial charge in [-0.2, -0.15) is 0 Å². The quantitative estimate of drug-likeness (QED) is 0.429. The minimum absolute atomic E-state index is 0. The number of benzene rings is 1. The first-order valence-electron chi connectivity index (χ1n) is 3.54. The maximum absolute atomic E-state index is 10.5. The fourth-order valence-electron chi connectivity index (χ4n) is 0.877. The van der Waals surface area contributed by atoms with Crippen LogP contribution in [0.25, 0.3) is 0 Å². The van der Waals surface area contributed by atoms with Crippen LogP contribution in [-0.4, -0.2) is 14.1 Å². The van der Waals surface area contributed by atoms with Crippen molar-refractivity contribution < 1.29 is 38.3 Å². The maximum Gasteiger partial charge on any atom is 1.00 e. The Bertz CT molecular complexity index is 305. The molecular formula is C8H7Br2NaO2S. The van der Waals surface area contributed by atoms with Crippen LogP contribution >= 0.6 is 31.9 Å². The zero-order valence-electron chi connectivity index (χ0n) is 7.57. The summed E-state index contributed by atoms with van der Waals surface area (Å²) in [6.07, 6.45) is 0. The van der Waals surface area contributed by atoms with Gasteiger partial charge < -0.3 is 4.55 Å². The van der Waals surface area contributed by atoms with E-state index in [4.69, 9.17) is 0 Å². The molecule has 0 aliphatic rings. The zero-order valence-corrected chi connectivity index (χ0v) is 13.6. The monoisotopic (exact) mass is 348 g/mol. The summed E-state index contributed by atoms with van der Waals surface area (Å²) < 4.78 is 21.1. The summed E-state index contributed by atoms with van der Waals surface area (Å²) in [5, 5.41) is 0.798. The van der Waals surface area contributed by atoms with E-state index in [0.29, 0.717) is 4.90 Å². The molecule has 0 aromatic heterocycles. The second-order valence-corrected chi connectivity index (χ2v) is 5.12. The predicted octanol–water partition coefficient (Wildman–Crippen LogP) is -0.241. The summed E-state index contributed by atoms with van der Waals surface area (Å²) in [7, 11) is 0. The summed E-state index contributed by atoms with van der Waals surface area (Å²) in [6.45, 7) is 0. The second kappa shape index (κ2) is 7.54. The number of alkyl halides is 2. The number of rotatable bonds is 3. The van der Waals surface area contributed by atoms with Gasteiger partial charge in [-0.25, -0.2) is 0 Å². The Hall–Kier alpha value is 1.29. The molecule has 0 radical (unpaired) electrons. The third-order valence-electron chi connectivity index (χ3n) is 1.57. The van der Waals surface area contributed by atoms with Gasteiger partial charge in [-0.05, 0) is 28.8 Å². The van der Waals surface area contributed by atoms with Crippen LogP contribution in [0.15, 0.2) is 29.2 Å². The van der Waals surface area contributed by atoms with Gasteiger partial charge in [0.25, 0.3) is 0 Å². The van der Waals surface area contributed by atoms with Crippen LogP contribution in [0.1, 0.15) is 10.4 Å². The van der Waals surface area contributed by atoms with Gasteiger partial charge in [0.1, 0.15) is 0 Å². The second-order valence-electron chi connectivity index (χ2n) is 2.43. The van der Waals surface area contributed by atoms with Crippen molar-refractivity contribution in [2.24, 2.45) is 0 Å². The van der Waals surface area contributed by atoms with Crippen LogP contribution in [0.2, 0.25) is 0 Å². The third kappa shape index (κ3) is 4.43. The van der Waals surface area contributed by atoms with E-state index in [1.165, 1.54) is 0 Å². The van der Waals surface area contributed by atoms with Gasteiger partial charge in [-0.1, -0.05) is 44.0 Å². The Labute approximate surface area is 125 Å². The Morgan fingerprint density at radius 3 is 2.21 bits per heavy atom. The van der Waals surface area contributed by atoms with Crippen molar-refractivity contribution in [3.63, 3.8) is 0 Å². The standard InChI is InChI=1S/C8H8Br2O2S.Na/c9-5-8(10)6-1-3-7(4-2-6)13(11)12;/h1-4,8H,5H2,(H,11,12);/q;+1/p-1. The van der Waals surface area contributed by atoms with E-state index in [9.17, 15) is 8.76 Å². The zero-order chi connectivity index (χ0) is 9.84. The minimum Gasteiger partial charge on any atom is -0.768 e. The van der Waals surface area contributed by atoms with Crippen molar-refractivity contribution in [1.29, 1.82) is 0 Å². The molecule has 2 atom stereocenters. The molecular weight excluding hydrogens is 343 g/mol. The minimum atomic E-state index is -2.13. The summed E-state index contributed by atoms with van der Waals surface area (Å²) in [6, 6.07) is 6.78. The van der Waals surface area contributed by atoms with Gasteiger partial charge in [0.05, 0.1) is 0 Å². The van der Waals surface area contributed by atoms with E-state index in [1.54, 1.807) is 24.3 Å². The molecule has 2 nitrogen and oxygen atoms in total. The SMILES string of the molecule is O=S([O-])c1ccc(C(Br)CBr)cc1.[Na+]. The van der Waals surface area contributed by atoms with E-state index >= 15 is 0 Å². The number of hydrogen-bond acceptors (Lipinski definition) is 2. The molecule has 14 heavy (non-hydrogen) atoms. The van der Waals surface area contributed by atoms with Gasteiger partial charge in [-0.15, -0.1) is 0 Å². The molecule has 72 valence electrons. The molecule has 1 aromatic carbocycles. The Kier molecular flexibility index (Phi) is 8.24. The van der Waals surface area contributed by atoms with Crippen LogP contribution in [0.3, 0.4) is 0 Å². The predicted molar refractivity (Wildman–Crippen MR) is 59.1 cm³/mol. The molecule has 1 rings (SSSR count). The largest absolute Gasteiger partial charge is 1.00 e. The first-order chi connectivity index (χ1) is 6.15. The molecule has 0 aliphatic heterocycles. The molecule has 2 unspecified atom stereocenters. The van der Waals surface area contributed by atoms with Crippen LogP contribution in [0.4, 0.5) is 0 Å². The van der Waals surface area contributed by atoms with Gasteiger partial charge >= 0.3 is 29.6 Å². The van der Waals surface area contributed by atoms with Crippen molar-refractivity contribution in [3.05, 3.63) is 29.8 Å². The van der Waals surface area contributed by atoms with E-state index in [2.05, 4.69) is 31.9 Å². The van der Waals surface area contributed by atoms with Crippen molar-refractivity contribution >= 4 is 42.9 Å².